The van der Waals surface area contributed by atoms with Gasteiger partial charge in [-0.25, -0.2) is 0 Å². The van der Waals surface area contributed by atoms with E-state index in [-0.39, 0.29) is 0 Å². The summed E-state index contributed by atoms with van der Waals surface area (Å²) in [6.45, 7) is 0. The zero-order valence-corrected chi connectivity index (χ0v) is 37.8. The van der Waals surface area contributed by atoms with Gasteiger partial charge in [-0.3, -0.25) is 0 Å². The highest BCUT2D eigenvalue weighted by Crippen LogP contribution is 2.57. The van der Waals surface area contributed by atoms with E-state index in [4.69, 9.17) is 0 Å². The molecule has 0 saturated heterocycles. The van der Waals surface area contributed by atoms with Crippen molar-refractivity contribution >= 4 is 151 Å². The van der Waals surface area contributed by atoms with E-state index in [1.807, 2.05) is 0 Å². The molecule has 18 rings (SSSR count). The lowest BCUT2D eigenvalue weighted by Crippen LogP contribution is -1.87. The van der Waals surface area contributed by atoms with E-state index < -0.39 is 0 Å². The molecule has 0 fully saturated rings. The normalized spacial score (nSPS) is 12.9. The number of benzene rings is 14. The lowest BCUT2D eigenvalue weighted by atomic mass is 9.87. The van der Waals surface area contributed by atoms with Gasteiger partial charge in [-0.1, -0.05) is 188 Å². The van der Waals surface area contributed by atoms with E-state index in [0.717, 1.165) is 0 Å². The molecule has 0 unspecified atom stereocenters. The van der Waals surface area contributed by atoms with Gasteiger partial charge in [-0.15, -0.1) is 0 Å². The van der Waals surface area contributed by atoms with E-state index >= 15 is 0 Å². The molecule has 18 aromatic carbocycles. The van der Waals surface area contributed by atoms with Crippen molar-refractivity contribution in [3.63, 3.8) is 0 Å². The van der Waals surface area contributed by atoms with Crippen molar-refractivity contribution < 1.29 is 0 Å². The second-order valence-corrected chi connectivity index (χ2v) is 20.1. The number of hydrogen-bond acceptors (Lipinski definition) is 0. The van der Waals surface area contributed by atoms with E-state index in [1.165, 1.54) is 184 Å². The average molecular weight is 877 g/mol. The van der Waals surface area contributed by atoms with E-state index in [1.54, 1.807) is 0 Å². The van der Waals surface area contributed by atoms with Crippen LogP contribution in [0, 0.1) is 0 Å². The molecule has 0 spiro atoms. The van der Waals surface area contributed by atoms with Crippen molar-refractivity contribution in [1.82, 2.24) is 0 Å². The van der Waals surface area contributed by atoms with Gasteiger partial charge in [0.25, 0.3) is 0 Å². The summed E-state index contributed by atoms with van der Waals surface area (Å²) in [4.78, 5) is 0. The molecular formula is C70H36. The van der Waals surface area contributed by atoms with Crippen LogP contribution in [0.2, 0.25) is 0 Å². The fourth-order valence-corrected chi connectivity index (χ4v) is 14.3. The molecule has 0 aliphatic heterocycles. The van der Waals surface area contributed by atoms with Crippen LogP contribution in [0.4, 0.5) is 0 Å². The summed E-state index contributed by atoms with van der Waals surface area (Å²) in [5.74, 6) is 0. The van der Waals surface area contributed by atoms with E-state index in [0.29, 0.717) is 0 Å². The summed E-state index contributed by atoms with van der Waals surface area (Å²) in [6, 6.07) is 83.3. The number of hydrogen-bond donors (Lipinski definition) is 0. The Bertz CT molecular complexity index is 5220. The summed E-state index contributed by atoms with van der Waals surface area (Å²) in [5, 5.41) is 37.8. The molecule has 0 aliphatic carbocycles. The van der Waals surface area contributed by atoms with Gasteiger partial charge in [0.2, 0.25) is 0 Å². The van der Waals surface area contributed by atoms with Gasteiger partial charge >= 0.3 is 0 Å². The fourth-order valence-electron chi connectivity index (χ4n) is 14.3. The van der Waals surface area contributed by atoms with Crippen LogP contribution in [0.1, 0.15) is 0 Å². The predicted molar refractivity (Wildman–Crippen MR) is 304 cm³/mol. The Hall–Kier alpha value is -9.10. The minimum Gasteiger partial charge on any atom is -0.0622 e. The Morgan fingerprint density at radius 3 is 1.03 bits per heavy atom. The molecule has 0 aliphatic rings. The minimum atomic E-state index is 1.24. The first-order valence-corrected chi connectivity index (χ1v) is 24.7. The molecule has 0 radical (unpaired) electrons. The maximum absolute atomic E-state index is 2.51. The van der Waals surface area contributed by atoms with Gasteiger partial charge in [0.15, 0.2) is 0 Å². The molecule has 316 valence electrons. The van der Waals surface area contributed by atoms with Gasteiger partial charge in [0.1, 0.15) is 0 Å². The van der Waals surface area contributed by atoms with Crippen molar-refractivity contribution in [2.75, 3.05) is 0 Å². The molecule has 0 saturated carbocycles. The van der Waals surface area contributed by atoms with Gasteiger partial charge in [-0.2, -0.15) is 0 Å². The van der Waals surface area contributed by atoms with Crippen LogP contribution in [-0.2, 0) is 0 Å². The third-order valence-corrected chi connectivity index (χ3v) is 16.9. The van der Waals surface area contributed by atoms with Crippen LogP contribution in [0.25, 0.3) is 184 Å². The maximum Gasteiger partial charge on any atom is -0.000696 e. The van der Waals surface area contributed by atoms with Crippen LogP contribution >= 0.6 is 0 Å². The van der Waals surface area contributed by atoms with Crippen molar-refractivity contribution in [2.45, 2.75) is 0 Å². The van der Waals surface area contributed by atoms with Crippen LogP contribution in [0.15, 0.2) is 218 Å². The minimum absolute atomic E-state index is 1.24. The van der Waals surface area contributed by atoms with E-state index in [2.05, 4.69) is 218 Å². The van der Waals surface area contributed by atoms with Crippen molar-refractivity contribution in [2.24, 2.45) is 0 Å². The van der Waals surface area contributed by atoms with Crippen LogP contribution in [0.3, 0.4) is 0 Å². The average Bonchev–Trinajstić information content (AvgIpc) is 4.15. The van der Waals surface area contributed by atoms with Crippen LogP contribution in [0.5, 0.6) is 0 Å². The molecule has 18 aromatic rings. The zero-order valence-electron chi connectivity index (χ0n) is 37.8. The highest BCUT2D eigenvalue weighted by atomic mass is 14.3. The second kappa shape index (κ2) is 12.5. The van der Waals surface area contributed by atoms with Gasteiger partial charge in [0, 0.05) is 0 Å². The second-order valence-electron chi connectivity index (χ2n) is 20.1. The molecule has 0 atom stereocenters. The number of rotatable bonds is 3. The van der Waals surface area contributed by atoms with Gasteiger partial charge in [-0.05, 0) is 215 Å². The smallest absolute Gasteiger partial charge is 0.000696 e. The summed E-state index contributed by atoms with van der Waals surface area (Å²) >= 11 is 0. The highest BCUT2D eigenvalue weighted by molar-refractivity contribution is 6.53. The third-order valence-electron chi connectivity index (χ3n) is 16.9. The van der Waals surface area contributed by atoms with Crippen molar-refractivity contribution in [3.05, 3.63) is 218 Å². The summed E-state index contributed by atoms with van der Waals surface area (Å²) in [5.41, 5.74) is 7.59. The first-order valence-electron chi connectivity index (χ1n) is 24.7. The lowest BCUT2D eigenvalue weighted by molar-refractivity contribution is 1.66. The highest BCUT2D eigenvalue weighted by Gasteiger charge is 2.29. The topological polar surface area (TPSA) is 0 Å². The zero-order chi connectivity index (χ0) is 45.1. The summed E-state index contributed by atoms with van der Waals surface area (Å²) in [6.07, 6.45) is 0. The molecular weight excluding hydrogens is 841 g/mol. The summed E-state index contributed by atoms with van der Waals surface area (Å²) in [7, 11) is 0. The summed E-state index contributed by atoms with van der Waals surface area (Å²) < 4.78 is 0. The Morgan fingerprint density at radius 2 is 0.457 bits per heavy atom. The molecule has 0 heterocycles. The van der Waals surface area contributed by atoms with Crippen LogP contribution < -0.4 is 0 Å². The molecule has 70 heavy (non-hydrogen) atoms. The van der Waals surface area contributed by atoms with Crippen LogP contribution in [-0.4, -0.2) is 0 Å². The predicted octanol–water partition coefficient (Wildman–Crippen LogP) is 20.0. The Kier molecular flexibility index (Phi) is 6.43. The van der Waals surface area contributed by atoms with Crippen molar-refractivity contribution in [3.8, 4) is 33.4 Å². The Balaban J connectivity index is 1.00. The number of fused-ring (bicyclic) bond motifs is 16. The molecule has 0 nitrogen and oxygen atoms in total. The molecule has 0 N–H and O–H groups in total. The van der Waals surface area contributed by atoms with Crippen molar-refractivity contribution in [1.29, 1.82) is 0 Å². The quantitative estimate of drug-likeness (QED) is 0.123. The Labute approximate surface area is 400 Å². The van der Waals surface area contributed by atoms with Gasteiger partial charge in [0.05, 0.1) is 0 Å². The molecule has 0 bridgehead atoms. The molecule has 0 amide bonds. The SMILES string of the molecule is c1ccc(-c2cc3cc4c5ccc6c7ccc8c9c(ccc(c%10ccc(c5c%106)c4c4c5ccccc5c(c2)c34)c79)c2c(-c3ccccc3)c3cc(-c4ccccc4)cc4c5ccccc5c(c34)c82)cc1. The fraction of sp³-hybridized carbons (Fsp3) is 0. The third kappa shape index (κ3) is 4.20. The maximum atomic E-state index is 2.51. The first-order chi connectivity index (χ1) is 34.8. The lowest BCUT2D eigenvalue weighted by Gasteiger charge is -2.15. The van der Waals surface area contributed by atoms with E-state index in [9.17, 15) is 0 Å². The molecule has 0 heteroatoms. The standard InChI is InChI=1S/C70H36/c1-4-14-37(15-5-1)40-32-42-36-57-51-25-24-47-49-28-31-54-64-53(30-27-50(62(49)64)48-26-29-52(63(51)61(47)48)65(57)67-45-22-12-10-20-43(45)55(33-40)60(42)67)69-59(39-18-8-3-9-19-39)58-35-41(38-16-6-2-7-17-38)34-56-44-21-11-13-23-46(44)68(66(56)58)70(54)69/h1-36H. The first kappa shape index (κ1) is 36.0. The largest absolute Gasteiger partial charge is 0.0622 e. The monoisotopic (exact) mass is 876 g/mol. The molecule has 0 aromatic heterocycles. The van der Waals surface area contributed by atoms with Gasteiger partial charge < -0.3 is 0 Å². The Morgan fingerprint density at radius 1 is 0.143 bits per heavy atom.